The van der Waals surface area contributed by atoms with Crippen LogP contribution in [-0.2, 0) is 31.8 Å². The number of hydrogen-bond acceptors (Lipinski definition) is 11. The molecule has 0 spiro atoms. The molecule has 5 aromatic rings. The molecule has 3 aromatic heterocycles. The number of alkyl halides is 1. The van der Waals surface area contributed by atoms with Crippen LogP contribution in [0, 0.1) is 0 Å². The summed E-state index contributed by atoms with van der Waals surface area (Å²) in [7, 11) is 0. The lowest BCUT2D eigenvalue weighted by Crippen LogP contribution is -2.48. The lowest BCUT2D eigenvalue weighted by Gasteiger charge is -2.34. The van der Waals surface area contributed by atoms with Crippen LogP contribution in [0.25, 0.3) is 11.2 Å². The van der Waals surface area contributed by atoms with E-state index >= 15 is 4.39 Å². The van der Waals surface area contributed by atoms with E-state index in [0.29, 0.717) is 5.56 Å². The second-order valence-corrected chi connectivity index (χ2v) is 11.9. The average molecular weight is 636 g/mol. The minimum absolute atomic E-state index is 0.00876. The van der Waals surface area contributed by atoms with Crippen LogP contribution in [0.1, 0.15) is 37.0 Å². The van der Waals surface area contributed by atoms with Crippen LogP contribution in [0.15, 0.2) is 67.0 Å². The fourth-order valence-corrected chi connectivity index (χ4v) is 6.18. The number of carboxylic acids is 1. The largest absolute Gasteiger partial charge is 0.479 e. The lowest BCUT2D eigenvalue weighted by atomic mass is 9.90. The Morgan fingerprint density at radius 1 is 1.16 bits per heavy atom. The number of nitrogens with zero attached hydrogens (tertiary/aromatic N) is 8. The van der Waals surface area contributed by atoms with E-state index in [2.05, 4.69) is 30.5 Å². The normalized spacial score (nSPS) is 25.6. The van der Waals surface area contributed by atoms with Gasteiger partial charge in [0.1, 0.15) is 17.7 Å². The number of halogens is 2. The summed E-state index contributed by atoms with van der Waals surface area (Å²) in [6.07, 6.45) is -5.10. The average Bonchev–Trinajstić information content (AvgIpc) is 3.49. The van der Waals surface area contributed by atoms with E-state index in [0.717, 1.165) is 5.56 Å². The maximum atomic E-state index is 16.2. The number of carbonyl (C=O) groups is 1. The Labute approximate surface area is 259 Å². The smallest absolute Gasteiger partial charge is 0.344 e. The number of nitrogen functional groups attached to an aromatic ring is 1. The van der Waals surface area contributed by atoms with Crippen molar-refractivity contribution >= 4 is 34.6 Å². The summed E-state index contributed by atoms with van der Waals surface area (Å²) in [5, 5.41) is 34.4. The molecular formula is C29H27ClFN9O5. The summed E-state index contributed by atoms with van der Waals surface area (Å²) >= 11 is 5.96. The van der Waals surface area contributed by atoms with Gasteiger partial charge in [-0.1, -0.05) is 60.7 Å². The molecule has 6 atom stereocenters. The maximum absolute atomic E-state index is 16.2. The summed E-state index contributed by atoms with van der Waals surface area (Å²) in [6, 6.07) is 18.0. The monoisotopic (exact) mass is 635 g/mol. The molecule has 1 saturated heterocycles. The second-order valence-electron chi connectivity index (χ2n) is 11.6. The van der Waals surface area contributed by atoms with Gasteiger partial charge < -0.3 is 25.4 Å². The number of ether oxygens (including phenoxy) is 2. The van der Waals surface area contributed by atoms with E-state index in [9.17, 15) is 15.0 Å². The van der Waals surface area contributed by atoms with Gasteiger partial charge in [-0.25, -0.2) is 18.9 Å². The first-order valence-electron chi connectivity index (χ1n) is 14.0. The Hall–Kier alpha value is -4.57. The third kappa shape index (κ3) is 4.37. The molecule has 0 radical (unpaired) electrons. The van der Waals surface area contributed by atoms with Crippen molar-refractivity contribution in [3.63, 3.8) is 0 Å². The van der Waals surface area contributed by atoms with Crippen LogP contribution < -0.4 is 5.73 Å². The van der Waals surface area contributed by atoms with Crippen molar-refractivity contribution < 1.29 is 28.9 Å². The second kappa shape index (κ2) is 10.2. The van der Waals surface area contributed by atoms with Crippen molar-refractivity contribution in [1.29, 1.82) is 0 Å². The van der Waals surface area contributed by atoms with Gasteiger partial charge in [-0.2, -0.15) is 9.97 Å². The molecule has 232 valence electrons. The Morgan fingerprint density at radius 2 is 1.84 bits per heavy atom. The van der Waals surface area contributed by atoms with Crippen molar-refractivity contribution in [3.05, 3.63) is 89.2 Å². The van der Waals surface area contributed by atoms with Gasteiger partial charge in [0, 0.05) is 6.42 Å². The summed E-state index contributed by atoms with van der Waals surface area (Å²) < 4.78 is 31.0. The molecule has 4 N–H and O–H groups in total. The van der Waals surface area contributed by atoms with Gasteiger partial charge in [0.2, 0.25) is 10.9 Å². The highest BCUT2D eigenvalue weighted by molar-refractivity contribution is 6.28. The molecule has 0 bridgehead atoms. The fourth-order valence-electron chi connectivity index (χ4n) is 6.01. The van der Waals surface area contributed by atoms with Gasteiger partial charge in [-0.3, -0.25) is 4.57 Å². The Balaban J connectivity index is 1.27. The first-order valence-corrected chi connectivity index (χ1v) is 14.3. The van der Waals surface area contributed by atoms with Crippen LogP contribution in [0.5, 0.6) is 0 Å². The molecule has 0 amide bonds. The number of benzene rings is 2. The van der Waals surface area contributed by atoms with E-state index in [1.807, 2.05) is 44.2 Å². The van der Waals surface area contributed by atoms with Crippen molar-refractivity contribution in [1.82, 2.24) is 39.7 Å². The van der Waals surface area contributed by atoms with Crippen LogP contribution in [-0.4, -0.2) is 79.9 Å². The number of hydrogen-bond donors (Lipinski definition) is 3. The van der Waals surface area contributed by atoms with E-state index in [-0.39, 0.29) is 34.5 Å². The molecule has 4 heterocycles. The Bertz CT molecular complexity index is 1910. The summed E-state index contributed by atoms with van der Waals surface area (Å²) in [5.74, 6) is -1.59. The van der Waals surface area contributed by atoms with Crippen molar-refractivity contribution in [3.8, 4) is 0 Å². The zero-order chi connectivity index (χ0) is 31.7. The van der Waals surface area contributed by atoms with Crippen LogP contribution in [0.2, 0.25) is 5.28 Å². The minimum Gasteiger partial charge on any atom is -0.479 e. The van der Waals surface area contributed by atoms with E-state index in [1.54, 1.807) is 30.3 Å². The molecule has 1 aliphatic heterocycles. The van der Waals surface area contributed by atoms with Gasteiger partial charge in [-0.05, 0) is 47.0 Å². The molecule has 2 aromatic carbocycles. The first kappa shape index (κ1) is 29.2. The van der Waals surface area contributed by atoms with Crippen molar-refractivity contribution in [2.24, 2.45) is 0 Å². The third-order valence-corrected chi connectivity index (χ3v) is 8.73. The minimum atomic E-state index is -2.27. The zero-order valence-corrected chi connectivity index (χ0v) is 24.7. The number of fused-ring (bicyclic) bond motifs is 2. The summed E-state index contributed by atoms with van der Waals surface area (Å²) in [4.78, 5) is 25.4. The molecule has 2 unspecified atom stereocenters. The number of aromatic nitrogens is 8. The molecule has 2 aliphatic rings. The maximum Gasteiger partial charge on any atom is 0.344 e. The van der Waals surface area contributed by atoms with Gasteiger partial charge in [0.15, 0.2) is 35.3 Å². The predicted octanol–water partition coefficient (Wildman–Crippen LogP) is 2.42. The van der Waals surface area contributed by atoms with Crippen molar-refractivity contribution in [2.75, 3.05) is 5.73 Å². The molecule has 16 heteroatoms. The van der Waals surface area contributed by atoms with E-state index in [4.69, 9.17) is 26.8 Å². The molecule has 1 aliphatic carbocycles. The molecule has 2 fully saturated rings. The number of aliphatic carboxylic acids is 1. The number of rotatable bonds is 9. The molecule has 45 heavy (non-hydrogen) atoms. The fraction of sp³-hybridized carbons (Fsp3) is 0.345. The quantitative estimate of drug-likeness (QED) is 0.201. The summed E-state index contributed by atoms with van der Waals surface area (Å²) in [6.45, 7) is 3.67. The van der Waals surface area contributed by atoms with Gasteiger partial charge in [-0.15, -0.1) is 5.10 Å². The highest BCUT2D eigenvalue weighted by Crippen LogP contribution is 2.58. The lowest BCUT2D eigenvalue weighted by molar-refractivity contribution is -0.185. The van der Waals surface area contributed by atoms with E-state index < -0.39 is 47.3 Å². The highest BCUT2D eigenvalue weighted by atomic mass is 35.5. The van der Waals surface area contributed by atoms with E-state index in [1.165, 1.54) is 15.6 Å². The molecule has 14 nitrogen and oxygen atoms in total. The first-order chi connectivity index (χ1) is 21.5. The van der Waals surface area contributed by atoms with Crippen LogP contribution in [0.3, 0.4) is 0 Å². The number of aliphatic hydroxyl groups is 1. The molecule has 1 saturated carbocycles. The van der Waals surface area contributed by atoms with Crippen LogP contribution in [0.4, 0.5) is 10.2 Å². The molecular weight excluding hydrogens is 609 g/mol. The Morgan fingerprint density at radius 3 is 2.49 bits per heavy atom. The Kier molecular flexibility index (Phi) is 6.63. The predicted molar refractivity (Wildman–Crippen MR) is 156 cm³/mol. The van der Waals surface area contributed by atoms with Gasteiger partial charge >= 0.3 is 5.97 Å². The SMILES string of the molecule is CC(C)(c1ccccc1)n1nnnc1C(Cc1ccccc1)(OC1[C@H]2O[C@@H](n3cnc4c(N)nc(Cl)nc43)[C@@H](F)[C@@]12O)C(=O)O. The number of nitrogens with two attached hydrogens (primary N) is 1. The highest BCUT2D eigenvalue weighted by Gasteiger charge is 2.80. The number of imidazole rings is 1. The number of tetrazole rings is 1. The third-order valence-electron chi connectivity index (χ3n) is 8.56. The van der Waals surface area contributed by atoms with Crippen LogP contribution >= 0.6 is 11.6 Å². The van der Waals surface area contributed by atoms with Gasteiger partial charge in [0.05, 0.1) is 11.9 Å². The van der Waals surface area contributed by atoms with Gasteiger partial charge in [0.25, 0.3) is 0 Å². The number of anilines is 1. The summed E-state index contributed by atoms with van der Waals surface area (Å²) in [5.41, 5.74) is 2.13. The van der Waals surface area contributed by atoms with Crippen molar-refractivity contribution in [2.45, 2.75) is 61.6 Å². The zero-order valence-electron chi connectivity index (χ0n) is 23.9. The molecule has 7 rings (SSSR count). The number of carboxylic acid groups (broad SMARTS) is 1. The standard InChI is InChI=1S/C29H27ClFN9O5/c1-27(2,16-11-7-4-8-12-16)40-24(36-37-38-40)28(25(41)42,13-15-9-5-3-6-10-15)45-20-19-29(20,43)18(31)23(44-19)39-14-33-17-21(32)34-26(30)35-22(17)39/h3-12,14,18-20,23,43H,13H2,1-2H3,(H,41,42)(H2,32,34,35)/t18-,19-,20?,23-,28?,29+/m1/s1. The topological polar surface area (TPSA) is 189 Å².